The number of fused-ring (bicyclic) bond motifs is 2. The van der Waals surface area contributed by atoms with Gasteiger partial charge < -0.3 is 10.3 Å². The summed E-state index contributed by atoms with van der Waals surface area (Å²) < 4.78 is 0. The third-order valence-corrected chi connectivity index (χ3v) is 6.97. The molecule has 0 saturated heterocycles. The Morgan fingerprint density at radius 3 is 2.78 bits per heavy atom. The van der Waals surface area contributed by atoms with Gasteiger partial charge in [-0.3, -0.25) is 14.9 Å². The number of hydrogen-bond donors (Lipinski definition) is 3. The fourth-order valence-corrected chi connectivity index (χ4v) is 5.15. The molecule has 3 N–H and O–H groups in total. The number of nitrogens with one attached hydrogen (secondary N) is 3. The maximum atomic E-state index is 12.2. The van der Waals surface area contributed by atoms with E-state index in [4.69, 9.17) is 9.97 Å². The molecule has 0 aliphatic rings. The summed E-state index contributed by atoms with van der Waals surface area (Å²) in [4.78, 5) is 36.5. The standard InChI is InChI=1S/C27H24N8OS/c1-14(2)10-22(36)30-17-11-16(12-28-13-17)19-5-6-20-24(31-19)25(35-34-20)27-32-23-18(8-9-29-26(23)33-27)21-7-4-15(3)37-21/h4-9,11-14H,10H2,1-3H3,(H,30,36)(H,34,35)(H,29,32,33). The third kappa shape index (κ3) is 4.47. The lowest BCUT2D eigenvalue weighted by atomic mass is 10.1. The molecular formula is C27H24N8OS. The van der Waals surface area contributed by atoms with Gasteiger partial charge in [0, 0.05) is 39.7 Å². The first-order valence-electron chi connectivity index (χ1n) is 12.0. The molecule has 37 heavy (non-hydrogen) atoms. The molecule has 0 radical (unpaired) electrons. The van der Waals surface area contributed by atoms with Crippen LogP contribution in [0.25, 0.3) is 55.4 Å². The Morgan fingerprint density at radius 1 is 1.08 bits per heavy atom. The predicted molar refractivity (Wildman–Crippen MR) is 146 cm³/mol. The predicted octanol–water partition coefficient (Wildman–Crippen LogP) is 5.98. The fourth-order valence-electron chi connectivity index (χ4n) is 4.26. The summed E-state index contributed by atoms with van der Waals surface area (Å²) in [6.07, 6.45) is 5.60. The van der Waals surface area contributed by atoms with Gasteiger partial charge in [-0.25, -0.2) is 15.0 Å². The highest BCUT2D eigenvalue weighted by Crippen LogP contribution is 2.34. The van der Waals surface area contributed by atoms with Crippen molar-refractivity contribution in [3.8, 4) is 33.2 Å². The quantitative estimate of drug-likeness (QED) is 0.254. The molecule has 6 rings (SSSR count). The number of pyridine rings is 3. The number of anilines is 1. The van der Waals surface area contributed by atoms with Gasteiger partial charge in [0.15, 0.2) is 17.2 Å². The molecule has 0 atom stereocenters. The third-order valence-electron chi connectivity index (χ3n) is 5.93. The van der Waals surface area contributed by atoms with Crippen LogP contribution in [0.1, 0.15) is 25.1 Å². The number of nitrogens with zero attached hydrogens (tertiary/aromatic N) is 5. The van der Waals surface area contributed by atoms with Crippen molar-refractivity contribution in [1.82, 2.24) is 35.1 Å². The van der Waals surface area contributed by atoms with Gasteiger partial charge in [-0.2, -0.15) is 5.10 Å². The summed E-state index contributed by atoms with van der Waals surface area (Å²) in [5.74, 6) is 0.829. The molecule has 0 aliphatic heterocycles. The minimum Gasteiger partial charge on any atom is -0.325 e. The van der Waals surface area contributed by atoms with Crippen molar-refractivity contribution >= 4 is 45.1 Å². The SMILES string of the molecule is Cc1ccc(-c2ccnc3[nH]c(-c4n[nH]c5ccc(-c6cncc(NC(=O)CC(C)C)c6)nc45)nc23)s1. The smallest absolute Gasteiger partial charge is 0.224 e. The maximum absolute atomic E-state index is 12.2. The van der Waals surface area contributed by atoms with Gasteiger partial charge in [-0.05, 0) is 49.2 Å². The summed E-state index contributed by atoms with van der Waals surface area (Å²) in [7, 11) is 0. The van der Waals surface area contributed by atoms with Crippen molar-refractivity contribution < 1.29 is 4.79 Å². The van der Waals surface area contributed by atoms with Gasteiger partial charge >= 0.3 is 0 Å². The second kappa shape index (κ2) is 9.21. The second-order valence-corrected chi connectivity index (χ2v) is 10.6. The summed E-state index contributed by atoms with van der Waals surface area (Å²) in [6, 6.07) is 11.9. The van der Waals surface area contributed by atoms with E-state index in [9.17, 15) is 4.79 Å². The Balaban J connectivity index is 1.38. The highest BCUT2D eigenvalue weighted by molar-refractivity contribution is 7.15. The van der Waals surface area contributed by atoms with Gasteiger partial charge in [-0.1, -0.05) is 13.8 Å². The van der Waals surface area contributed by atoms with E-state index in [2.05, 4.69) is 49.5 Å². The lowest BCUT2D eigenvalue weighted by Crippen LogP contribution is -2.14. The van der Waals surface area contributed by atoms with Crippen LogP contribution in [0.2, 0.25) is 0 Å². The molecule has 1 amide bonds. The lowest BCUT2D eigenvalue weighted by molar-refractivity contribution is -0.116. The average molecular weight is 509 g/mol. The molecule has 6 aromatic rings. The van der Waals surface area contributed by atoms with Gasteiger partial charge in [0.1, 0.15) is 11.0 Å². The lowest BCUT2D eigenvalue weighted by Gasteiger charge is -2.08. The number of imidazole rings is 1. The van der Waals surface area contributed by atoms with Crippen LogP contribution in [-0.4, -0.2) is 41.0 Å². The van der Waals surface area contributed by atoms with Crippen molar-refractivity contribution in [2.75, 3.05) is 5.32 Å². The molecule has 0 fully saturated rings. The number of H-pyrrole nitrogens is 2. The number of carbonyl (C=O) groups is 1. The zero-order valence-electron chi connectivity index (χ0n) is 20.5. The Kier molecular flexibility index (Phi) is 5.72. The molecule has 0 saturated carbocycles. The van der Waals surface area contributed by atoms with Crippen molar-refractivity contribution in [2.24, 2.45) is 5.92 Å². The zero-order valence-corrected chi connectivity index (χ0v) is 21.3. The van der Waals surface area contributed by atoms with Crippen molar-refractivity contribution in [2.45, 2.75) is 27.2 Å². The Labute approximate surface area is 216 Å². The summed E-state index contributed by atoms with van der Waals surface area (Å²) >= 11 is 1.72. The van der Waals surface area contributed by atoms with Crippen LogP contribution in [0.15, 0.2) is 55.0 Å². The molecule has 10 heteroatoms. The molecule has 9 nitrogen and oxygen atoms in total. The number of hydrogen-bond acceptors (Lipinski definition) is 7. The van der Waals surface area contributed by atoms with Gasteiger partial charge in [0.2, 0.25) is 5.91 Å². The topological polar surface area (TPSA) is 125 Å². The number of carbonyl (C=O) groups excluding carboxylic acids is 1. The number of rotatable bonds is 6. The number of thiophene rings is 1. The van der Waals surface area contributed by atoms with Crippen LogP contribution in [0, 0.1) is 12.8 Å². The number of amides is 1. The maximum Gasteiger partial charge on any atom is 0.224 e. The Hall–Kier alpha value is -4.44. The first-order valence-corrected chi connectivity index (χ1v) is 12.8. The van der Waals surface area contributed by atoms with Crippen LogP contribution in [-0.2, 0) is 4.79 Å². The van der Waals surface area contributed by atoms with Gasteiger partial charge in [0.05, 0.1) is 23.1 Å². The second-order valence-electron chi connectivity index (χ2n) is 9.32. The highest BCUT2D eigenvalue weighted by Gasteiger charge is 2.18. The molecule has 0 unspecified atom stereocenters. The fraction of sp³-hybridized carbons (Fsp3) is 0.185. The highest BCUT2D eigenvalue weighted by atomic mass is 32.1. The van der Waals surface area contributed by atoms with E-state index < -0.39 is 0 Å². The van der Waals surface area contributed by atoms with Crippen molar-refractivity contribution in [1.29, 1.82) is 0 Å². The Bertz CT molecular complexity index is 1760. The van der Waals surface area contributed by atoms with Crippen LogP contribution in [0.3, 0.4) is 0 Å². The minimum atomic E-state index is -0.0370. The molecule has 0 bridgehead atoms. The van der Waals surface area contributed by atoms with Crippen LogP contribution >= 0.6 is 11.3 Å². The summed E-state index contributed by atoms with van der Waals surface area (Å²) in [5.41, 5.74) is 6.73. The van der Waals surface area contributed by atoms with Crippen LogP contribution in [0.5, 0.6) is 0 Å². The van der Waals surface area contributed by atoms with E-state index in [0.717, 1.165) is 27.0 Å². The van der Waals surface area contributed by atoms with E-state index >= 15 is 0 Å². The molecule has 184 valence electrons. The molecule has 0 aromatic carbocycles. The normalized spacial score (nSPS) is 11.6. The molecule has 0 spiro atoms. The van der Waals surface area contributed by atoms with Gasteiger partial charge in [0.25, 0.3) is 0 Å². The number of aryl methyl sites for hydroxylation is 1. The first kappa shape index (κ1) is 23.0. The molecule has 6 aromatic heterocycles. The van der Waals surface area contributed by atoms with Crippen LogP contribution < -0.4 is 5.32 Å². The number of aromatic nitrogens is 7. The van der Waals surface area contributed by atoms with Crippen LogP contribution in [0.4, 0.5) is 5.69 Å². The average Bonchev–Trinajstić information content (AvgIpc) is 3.60. The van der Waals surface area contributed by atoms with E-state index in [1.807, 2.05) is 38.1 Å². The first-order chi connectivity index (χ1) is 17.9. The van der Waals surface area contributed by atoms with E-state index in [1.165, 1.54) is 4.88 Å². The molecule has 0 aliphatic carbocycles. The minimum absolute atomic E-state index is 0.0370. The van der Waals surface area contributed by atoms with Crippen molar-refractivity contribution in [3.63, 3.8) is 0 Å². The van der Waals surface area contributed by atoms with E-state index in [1.54, 1.807) is 29.9 Å². The van der Waals surface area contributed by atoms with Gasteiger partial charge in [-0.15, -0.1) is 11.3 Å². The van der Waals surface area contributed by atoms with E-state index in [0.29, 0.717) is 40.5 Å². The van der Waals surface area contributed by atoms with Crippen molar-refractivity contribution in [3.05, 3.63) is 59.9 Å². The summed E-state index contributed by atoms with van der Waals surface area (Å²) in [5, 5.41) is 10.5. The largest absolute Gasteiger partial charge is 0.325 e. The number of aromatic amines is 2. The van der Waals surface area contributed by atoms with E-state index in [-0.39, 0.29) is 11.8 Å². The molecular weight excluding hydrogens is 484 g/mol. The Morgan fingerprint density at radius 2 is 1.97 bits per heavy atom. The monoisotopic (exact) mass is 508 g/mol. The zero-order chi connectivity index (χ0) is 25.5. The molecule has 6 heterocycles. The summed E-state index contributed by atoms with van der Waals surface area (Å²) in [6.45, 7) is 6.11.